The Bertz CT molecular complexity index is 1460. The van der Waals surface area contributed by atoms with Crippen LogP contribution in [0.2, 0.25) is 23.3 Å². The van der Waals surface area contributed by atoms with Gasteiger partial charge in [-0.2, -0.15) is 4.98 Å². The van der Waals surface area contributed by atoms with E-state index in [0.717, 1.165) is 12.8 Å². The first-order chi connectivity index (χ1) is 19.7. The molecule has 1 unspecified atom stereocenters. The number of hydrogen-bond donors (Lipinski definition) is 1. The van der Waals surface area contributed by atoms with Crippen LogP contribution in [0.25, 0.3) is 10.8 Å². The van der Waals surface area contributed by atoms with Gasteiger partial charge in [-0.1, -0.05) is 32.4 Å². The molecule has 3 aliphatic rings. The fourth-order valence-corrected chi connectivity index (χ4v) is 7.87. The molecule has 2 aromatic heterocycles. The predicted octanol–water partition coefficient (Wildman–Crippen LogP) is 6.88. The van der Waals surface area contributed by atoms with Gasteiger partial charge in [-0.15, -0.1) is 0 Å². The number of rotatable bonds is 4. The number of carbonyl (C=O) groups is 1. The molecule has 3 aliphatic heterocycles. The Morgan fingerprint density at radius 3 is 2.49 bits per heavy atom. The van der Waals surface area contributed by atoms with E-state index in [1.165, 1.54) is 0 Å². The Labute approximate surface area is 260 Å². The van der Waals surface area contributed by atoms with Crippen molar-refractivity contribution < 1.29 is 23.1 Å². The van der Waals surface area contributed by atoms with Crippen LogP contribution in [0.3, 0.4) is 0 Å². The molecule has 2 saturated heterocycles. The van der Waals surface area contributed by atoms with Gasteiger partial charge in [-0.3, -0.25) is 4.90 Å². The van der Waals surface area contributed by atoms with Crippen molar-refractivity contribution in [2.24, 2.45) is 5.73 Å². The molecule has 12 heteroatoms. The topological polar surface area (TPSA) is 103 Å². The molecule has 0 radical (unpaired) electrons. The molecule has 9 nitrogen and oxygen atoms in total. The summed E-state index contributed by atoms with van der Waals surface area (Å²) in [4.78, 5) is 27.2. The number of ether oxygens (including phenoxy) is 2. The highest BCUT2D eigenvalue weighted by Crippen LogP contribution is 2.50. The minimum absolute atomic E-state index is 0.00588. The number of hydrogen-bond acceptors (Lipinski definition) is 8. The fourth-order valence-electron chi connectivity index (χ4n) is 6.67. The van der Waals surface area contributed by atoms with Gasteiger partial charge < -0.3 is 24.5 Å². The maximum absolute atomic E-state index is 15.9. The van der Waals surface area contributed by atoms with Crippen molar-refractivity contribution in [2.75, 3.05) is 18.1 Å². The van der Waals surface area contributed by atoms with Crippen LogP contribution in [0.15, 0.2) is 0 Å². The molecule has 5 heterocycles. The molecule has 2 aromatic rings. The van der Waals surface area contributed by atoms with Gasteiger partial charge in [0.2, 0.25) is 5.88 Å². The third-order valence-electron chi connectivity index (χ3n) is 9.85. The highest BCUT2D eigenvalue weighted by Gasteiger charge is 2.59. The summed E-state index contributed by atoms with van der Waals surface area (Å²) in [6.45, 7) is 23.1. The summed E-state index contributed by atoms with van der Waals surface area (Å²) in [7, 11) is -2.10. The van der Waals surface area contributed by atoms with Crippen LogP contribution in [0.5, 0.6) is 5.88 Å². The first-order valence-corrected chi connectivity index (χ1v) is 18.5. The van der Waals surface area contributed by atoms with Crippen LogP contribution >= 0.6 is 11.6 Å². The molecule has 43 heavy (non-hydrogen) atoms. The van der Waals surface area contributed by atoms with Gasteiger partial charge in [0.05, 0.1) is 41.4 Å². The lowest BCUT2D eigenvalue weighted by molar-refractivity contribution is -0.0165. The average molecular weight is 636 g/mol. The lowest BCUT2D eigenvalue weighted by Crippen LogP contribution is -2.69. The second-order valence-electron chi connectivity index (χ2n) is 15.3. The van der Waals surface area contributed by atoms with Crippen LogP contribution < -0.4 is 15.4 Å². The number of nitrogens with zero attached hydrogens (tertiary/aromatic N) is 4. The van der Waals surface area contributed by atoms with E-state index in [9.17, 15) is 4.79 Å². The molecule has 5 atom stereocenters. The normalized spacial score (nSPS) is 26.2. The Morgan fingerprint density at radius 2 is 1.88 bits per heavy atom. The Morgan fingerprint density at radius 1 is 1.23 bits per heavy atom. The van der Waals surface area contributed by atoms with Crippen LogP contribution in [0, 0.1) is 12.7 Å². The second kappa shape index (κ2) is 10.4. The van der Waals surface area contributed by atoms with Crippen molar-refractivity contribution in [1.29, 1.82) is 0 Å². The van der Waals surface area contributed by atoms with Crippen molar-refractivity contribution in [1.82, 2.24) is 14.9 Å². The van der Waals surface area contributed by atoms with E-state index in [-0.39, 0.29) is 40.9 Å². The maximum Gasteiger partial charge on any atom is 0.411 e. The van der Waals surface area contributed by atoms with Gasteiger partial charge in [0.15, 0.2) is 19.3 Å². The standard InChI is InChI=1S/C31H47ClFN5O4Si/c1-16-20-21-26(35-23(16)18(34)14-40-43(10,11)30(6,7)8)37-15-31(9)13-12-19(38(31)28(39)42-29(3,4)5)24(37)17(2)41-27(21)36-25(32)22(20)33/h17-19,24H,12-15,34H2,1-11H3/t17-,18?,19-,24+,31+/m0/s1. The monoisotopic (exact) mass is 635 g/mol. The molecule has 2 bridgehead atoms. The third kappa shape index (κ3) is 5.38. The van der Waals surface area contributed by atoms with Crippen molar-refractivity contribution in [3.05, 3.63) is 22.2 Å². The summed E-state index contributed by atoms with van der Waals surface area (Å²) in [5.74, 6) is 0.153. The Hall–Kier alpha value is -2.21. The number of halogens is 2. The summed E-state index contributed by atoms with van der Waals surface area (Å²) >= 11 is 6.37. The van der Waals surface area contributed by atoms with Crippen molar-refractivity contribution in [2.45, 2.75) is 129 Å². The van der Waals surface area contributed by atoms with E-state index >= 15 is 4.39 Å². The largest absolute Gasteiger partial charge is 0.472 e. The minimum Gasteiger partial charge on any atom is -0.472 e. The van der Waals surface area contributed by atoms with E-state index in [0.29, 0.717) is 34.4 Å². The molecule has 2 N–H and O–H groups in total. The quantitative estimate of drug-likeness (QED) is 0.286. The van der Waals surface area contributed by atoms with Gasteiger partial charge in [0.25, 0.3) is 0 Å². The zero-order valence-corrected chi connectivity index (χ0v) is 29.1. The molecule has 238 valence electrons. The summed E-state index contributed by atoms with van der Waals surface area (Å²) in [6, 6.07) is -1.10. The molecule has 0 aliphatic carbocycles. The van der Waals surface area contributed by atoms with E-state index in [2.05, 4.69) is 50.7 Å². The van der Waals surface area contributed by atoms with Gasteiger partial charge in [-0.25, -0.2) is 14.2 Å². The van der Waals surface area contributed by atoms with Crippen molar-refractivity contribution >= 4 is 42.6 Å². The number of carbonyl (C=O) groups excluding carboxylic acids is 1. The van der Waals surface area contributed by atoms with Crippen molar-refractivity contribution in [3.8, 4) is 5.88 Å². The number of pyridine rings is 2. The van der Waals surface area contributed by atoms with E-state index in [1.54, 1.807) is 0 Å². The van der Waals surface area contributed by atoms with Crippen LogP contribution in [-0.2, 0) is 9.16 Å². The summed E-state index contributed by atoms with van der Waals surface area (Å²) < 4.78 is 34.7. The van der Waals surface area contributed by atoms with Crippen LogP contribution in [-0.4, -0.2) is 71.8 Å². The number of aryl methyl sites for hydroxylation is 1. The Balaban J connectivity index is 1.64. The molecular formula is C31H47ClFN5O4Si. The molecular weight excluding hydrogens is 589 g/mol. The van der Waals surface area contributed by atoms with E-state index < -0.39 is 37.4 Å². The van der Waals surface area contributed by atoms with Gasteiger partial charge >= 0.3 is 6.09 Å². The van der Waals surface area contributed by atoms with Gasteiger partial charge in [0, 0.05) is 11.9 Å². The first-order valence-electron chi connectivity index (χ1n) is 15.2. The maximum atomic E-state index is 15.9. The van der Waals surface area contributed by atoms with E-state index in [4.69, 9.17) is 36.2 Å². The van der Waals surface area contributed by atoms with Gasteiger partial charge in [-0.05, 0) is 78.1 Å². The number of nitrogens with two attached hydrogens (primary N) is 1. The number of piperazine rings is 1. The molecule has 0 aromatic carbocycles. The smallest absolute Gasteiger partial charge is 0.411 e. The SMILES string of the molecule is Cc1c(C(N)CO[Si](C)(C)C(C)(C)C)nc2c3c(nc(Cl)c(F)c13)O[C@@H](C)[C@@H]1[C@@H]3CC[C@](C)(CN21)N3C(=O)OC(C)(C)C. The summed E-state index contributed by atoms with van der Waals surface area (Å²) in [5, 5.41) is 0.517. The van der Waals surface area contributed by atoms with Crippen molar-refractivity contribution in [3.63, 3.8) is 0 Å². The Kier molecular flexibility index (Phi) is 7.80. The fraction of sp³-hybridized carbons (Fsp3) is 0.710. The second-order valence-corrected chi connectivity index (χ2v) is 20.5. The first kappa shape index (κ1) is 32.2. The number of anilines is 1. The summed E-state index contributed by atoms with van der Waals surface area (Å²) in [6.07, 6.45) is 0.804. The molecule has 2 fully saturated rings. The average Bonchev–Trinajstić information content (AvgIpc) is 3.04. The lowest BCUT2D eigenvalue weighted by atomic mass is 9.93. The molecule has 5 rings (SSSR count). The van der Waals surface area contributed by atoms with E-state index in [1.807, 2.05) is 39.5 Å². The number of amides is 1. The molecule has 0 spiro atoms. The lowest BCUT2D eigenvalue weighted by Gasteiger charge is -2.52. The summed E-state index contributed by atoms with van der Waals surface area (Å²) in [5.41, 5.74) is 6.77. The minimum atomic E-state index is -2.10. The van der Waals surface area contributed by atoms with Crippen LogP contribution in [0.4, 0.5) is 15.0 Å². The van der Waals surface area contributed by atoms with Crippen LogP contribution in [0.1, 0.15) is 85.5 Å². The molecule has 1 amide bonds. The predicted molar refractivity (Wildman–Crippen MR) is 170 cm³/mol. The highest BCUT2D eigenvalue weighted by atomic mass is 35.5. The number of aromatic nitrogens is 2. The highest BCUT2D eigenvalue weighted by molar-refractivity contribution is 6.74. The third-order valence-corrected chi connectivity index (χ3v) is 14.6. The molecule has 0 saturated carbocycles. The zero-order chi connectivity index (χ0) is 32.0. The number of fused-ring (bicyclic) bond motifs is 5. The zero-order valence-electron chi connectivity index (χ0n) is 27.4. The van der Waals surface area contributed by atoms with Gasteiger partial charge in [0.1, 0.15) is 17.5 Å².